The molecule has 2 aromatic carbocycles. The fraction of sp³-hybridized carbons (Fsp3) is 0.105. The molecule has 1 aliphatic heterocycles. The Bertz CT molecular complexity index is 1180. The van der Waals surface area contributed by atoms with E-state index < -0.39 is 11.9 Å². The summed E-state index contributed by atoms with van der Waals surface area (Å²) in [5.41, 5.74) is 0.158. The average molecular weight is 404 g/mol. The van der Waals surface area contributed by atoms with Crippen molar-refractivity contribution in [2.45, 2.75) is 6.42 Å². The number of carbonyl (C=O) groups excluding carboxylic acids is 1. The molecular weight excluding hydrogens is 393 g/mol. The Kier molecular flexibility index (Phi) is 4.17. The minimum absolute atomic E-state index is 0.111. The lowest BCUT2D eigenvalue weighted by molar-refractivity contribution is 0.0697. The number of nitrogens with zero attached hydrogens (tertiary/aromatic N) is 1. The van der Waals surface area contributed by atoms with Crippen LogP contribution < -0.4 is 10.3 Å². The van der Waals surface area contributed by atoms with Gasteiger partial charge in [-0.3, -0.25) is 9.59 Å². The van der Waals surface area contributed by atoms with Gasteiger partial charge in [0.05, 0.1) is 27.2 Å². The molecule has 8 heteroatoms. The highest BCUT2D eigenvalue weighted by atomic mass is 35.5. The zero-order chi connectivity index (χ0) is 19.3. The molecule has 1 N–H and O–H groups in total. The molecule has 0 saturated carbocycles. The van der Waals surface area contributed by atoms with Crippen LogP contribution in [0.25, 0.3) is 11.0 Å². The Hall–Kier alpha value is -2.83. The second-order valence-electron chi connectivity index (χ2n) is 6.03. The van der Waals surface area contributed by atoms with Crippen LogP contribution in [0.3, 0.4) is 0 Å². The smallest absolute Gasteiger partial charge is 0.337 e. The van der Waals surface area contributed by atoms with Gasteiger partial charge in [-0.25, -0.2) is 4.79 Å². The van der Waals surface area contributed by atoms with Gasteiger partial charge in [-0.2, -0.15) is 0 Å². The fourth-order valence-electron chi connectivity index (χ4n) is 3.21. The summed E-state index contributed by atoms with van der Waals surface area (Å²) < 4.78 is 5.69. The molecule has 3 aromatic rings. The van der Waals surface area contributed by atoms with Crippen molar-refractivity contribution in [2.24, 2.45) is 0 Å². The van der Waals surface area contributed by atoms with E-state index in [0.29, 0.717) is 5.39 Å². The molecule has 1 aliphatic rings. The monoisotopic (exact) mass is 403 g/mol. The summed E-state index contributed by atoms with van der Waals surface area (Å²) in [4.78, 5) is 38.6. The number of benzene rings is 2. The Morgan fingerprint density at radius 3 is 2.67 bits per heavy atom. The second-order valence-corrected chi connectivity index (χ2v) is 6.87. The molecule has 0 atom stereocenters. The predicted molar refractivity (Wildman–Crippen MR) is 101 cm³/mol. The first kappa shape index (κ1) is 17.6. The van der Waals surface area contributed by atoms with Crippen molar-refractivity contribution >= 4 is 51.7 Å². The maximum absolute atomic E-state index is 13.0. The number of para-hydroxylation sites is 1. The number of anilines is 1. The number of aromatic carboxylic acids is 1. The fourth-order valence-corrected chi connectivity index (χ4v) is 3.60. The quantitative estimate of drug-likeness (QED) is 0.698. The Morgan fingerprint density at radius 1 is 1.15 bits per heavy atom. The summed E-state index contributed by atoms with van der Waals surface area (Å²) in [6, 6.07) is 9.02. The predicted octanol–water partition coefficient (Wildman–Crippen LogP) is 4.00. The van der Waals surface area contributed by atoms with E-state index in [2.05, 4.69) is 0 Å². The molecule has 0 spiro atoms. The van der Waals surface area contributed by atoms with Crippen LogP contribution in [0.15, 0.2) is 45.6 Å². The van der Waals surface area contributed by atoms with E-state index in [0.717, 1.165) is 0 Å². The number of amides is 1. The molecule has 0 fully saturated rings. The third-order valence-corrected chi connectivity index (χ3v) is 5.00. The van der Waals surface area contributed by atoms with E-state index in [1.165, 1.54) is 23.1 Å². The van der Waals surface area contributed by atoms with Gasteiger partial charge in [-0.1, -0.05) is 29.3 Å². The zero-order valence-electron chi connectivity index (χ0n) is 13.7. The normalized spacial score (nSPS) is 13.7. The molecule has 0 bridgehead atoms. The van der Waals surface area contributed by atoms with Crippen LogP contribution >= 0.6 is 23.2 Å². The third-order valence-electron chi connectivity index (χ3n) is 4.47. The summed E-state index contributed by atoms with van der Waals surface area (Å²) in [5.74, 6) is -1.94. The Labute approximate surface area is 162 Å². The van der Waals surface area contributed by atoms with Crippen LogP contribution in [0.5, 0.6) is 0 Å². The van der Waals surface area contributed by atoms with Crippen molar-refractivity contribution in [1.82, 2.24) is 0 Å². The summed E-state index contributed by atoms with van der Waals surface area (Å²) in [7, 11) is 0. The first-order valence-corrected chi connectivity index (χ1v) is 8.73. The molecule has 0 saturated heterocycles. The highest BCUT2D eigenvalue weighted by Gasteiger charge is 2.33. The highest BCUT2D eigenvalue weighted by Crippen LogP contribution is 2.31. The molecular formula is C19H11Cl2NO5. The van der Waals surface area contributed by atoms with Crippen LogP contribution in [0.1, 0.15) is 26.5 Å². The van der Waals surface area contributed by atoms with Gasteiger partial charge in [0.15, 0.2) is 16.8 Å². The van der Waals surface area contributed by atoms with Crippen molar-refractivity contribution in [3.8, 4) is 0 Å². The van der Waals surface area contributed by atoms with Crippen LogP contribution in [-0.2, 0) is 6.42 Å². The SMILES string of the molecule is O=C(O)c1cc(Cl)ccc1N1CCc2c(oc3c(Cl)cccc3c2=O)C1=O. The van der Waals surface area contributed by atoms with Crippen molar-refractivity contribution in [3.05, 3.63) is 73.6 Å². The Balaban J connectivity index is 1.90. The standard InChI is InChI=1S/C19H11Cl2NO5/c20-9-4-5-14(12(8-9)19(25)26)22-7-6-11-15(23)10-2-1-3-13(21)16(10)27-17(11)18(22)24/h1-5,8H,6-7H2,(H,25,26). The van der Waals surface area contributed by atoms with E-state index in [1.807, 2.05) is 0 Å². The van der Waals surface area contributed by atoms with Gasteiger partial charge in [0, 0.05) is 11.6 Å². The molecule has 0 aliphatic carbocycles. The zero-order valence-corrected chi connectivity index (χ0v) is 15.2. The molecule has 0 radical (unpaired) electrons. The van der Waals surface area contributed by atoms with Gasteiger partial charge in [-0.15, -0.1) is 0 Å². The number of fused-ring (bicyclic) bond motifs is 2. The number of rotatable bonds is 2. The number of carbonyl (C=O) groups is 2. The number of carboxylic acids is 1. The van der Waals surface area contributed by atoms with Gasteiger partial charge in [0.1, 0.15) is 0 Å². The largest absolute Gasteiger partial charge is 0.478 e. The number of carboxylic acid groups (broad SMARTS) is 1. The lowest BCUT2D eigenvalue weighted by Crippen LogP contribution is -2.40. The second kappa shape index (κ2) is 6.40. The first-order valence-electron chi connectivity index (χ1n) is 7.97. The summed E-state index contributed by atoms with van der Waals surface area (Å²) in [6.45, 7) is 0.143. The average Bonchev–Trinajstić information content (AvgIpc) is 2.64. The van der Waals surface area contributed by atoms with Gasteiger partial charge < -0.3 is 14.4 Å². The molecule has 1 aromatic heterocycles. The van der Waals surface area contributed by atoms with Crippen LogP contribution in [0, 0.1) is 0 Å². The topological polar surface area (TPSA) is 87.8 Å². The highest BCUT2D eigenvalue weighted by molar-refractivity contribution is 6.34. The van der Waals surface area contributed by atoms with Crippen LogP contribution in [-0.4, -0.2) is 23.5 Å². The molecule has 4 rings (SSSR count). The van der Waals surface area contributed by atoms with Gasteiger partial charge in [-0.05, 0) is 36.8 Å². The van der Waals surface area contributed by atoms with Crippen molar-refractivity contribution in [1.29, 1.82) is 0 Å². The molecule has 1 amide bonds. The molecule has 27 heavy (non-hydrogen) atoms. The third kappa shape index (κ3) is 2.78. The molecule has 0 unspecified atom stereocenters. The van der Waals surface area contributed by atoms with E-state index in [4.69, 9.17) is 27.6 Å². The summed E-state index contributed by atoms with van der Waals surface area (Å²) >= 11 is 12.0. The van der Waals surface area contributed by atoms with Crippen molar-refractivity contribution in [2.75, 3.05) is 11.4 Å². The van der Waals surface area contributed by atoms with E-state index in [1.54, 1.807) is 18.2 Å². The maximum Gasteiger partial charge on any atom is 0.337 e. The minimum Gasteiger partial charge on any atom is -0.478 e. The molecule has 6 nitrogen and oxygen atoms in total. The van der Waals surface area contributed by atoms with Crippen LogP contribution in [0.2, 0.25) is 10.0 Å². The van der Waals surface area contributed by atoms with Crippen molar-refractivity contribution < 1.29 is 19.1 Å². The van der Waals surface area contributed by atoms with Gasteiger partial charge in [0.25, 0.3) is 5.91 Å². The first-order chi connectivity index (χ1) is 12.9. The molecule has 2 heterocycles. The number of halogens is 2. The summed E-state index contributed by atoms with van der Waals surface area (Å²) in [5, 5.41) is 10.2. The lowest BCUT2D eigenvalue weighted by Gasteiger charge is -2.28. The van der Waals surface area contributed by atoms with Gasteiger partial charge >= 0.3 is 5.97 Å². The lowest BCUT2D eigenvalue weighted by atomic mass is 10.0. The number of hydrogen-bond acceptors (Lipinski definition) is 4. The van der Waals surface area contributed by atoms with Gasteiger partial charge in [0.2, 0.25) is 0 Å². The Morgan fingerprint density at radius 2 is 1.93 bits per heavy atom. The summed E-state index contributed by atoms with van der Waals surface area (Å²) in [6.07, 6.45) is 0.230. The maximum atomic E-state index is 13.0. The van der Waals surface area contributed by atoms with Crippen LogP contribution in [0.4, 0.5) is 5.69 Å². The van der Waals surface area contributed by atoms with E-state index >= 15 is 0 Å². The van der Waals surface area contributed by atoms with E-state index in [-0.39, 0.29) is 56.6 Å². The van der Waals surface area contributed by atoms with E-state index in [9.17, 15) is 19.5 Å². The molecule has 136 valence electrons. The van der Waals surface area contributed by atoms with Crippen molar-refractivity contribution in [3.63, 3.8) is 0 Å². The minimum atomic E-state index is -1.21. The number of hydrogen-bond donors (Lipinski definition) is 1.